The van der Waals surface area contributed by atoms with Gasteiger partial charge in [-0.2, -0.15) is 0 Å². The number of thioether (sulfide) groups is 1. The summed E-state index contributed by atoms with van der Waals surface area (Å²) in [4.78, 5) is 36.0. The second-order valence-electron chi connectivity index (χ2n) is 4.77. The summed E-state index contributed by atoms with van der Waals surface area (Å²) in [5.74, 6) is -1.05. The zero-order valence-corrected chi connectivity index (χ0v) is 12.1. The molecule has 8 nitrogen and oxygen atoms in total. The van der Waals surface area contributed by atoms with E-state index in [-0.39, 0.29) is 17.6 Å². The highest BCUT2D eigenvalue weighted by molar-refractivity contribution is 8.00. The molecule has 0 saturated carbocycles. The first-order valence-corrected chi connectivity index (χ1v) is 7.39. The van der Waals surface area contributed by atoms with Crippen LogP contribution in [0.3, 0.4) is 0 Å². The summed E-state index contributed by atoms with van der Waals surface area (Å²) in [6, 6.07) is 0. The number of carboxylic acid groups (broad SMARTS) is 1. The van der Waals surface area contributed by atoms with E-state index in [1.165, 1.54) is 10.8 Å². The first-order valence-electron chi connectivity index (χ1n) is 6.34. The molecule has 0 aromatic carbocycles. The number of rotatable bonds is 5. The van der Waals surface area contributed by atoms with Crippen molar-refractivity contribution in [1.29, 1.82) is 0 Å². The summed E-state index contributed by atoms with van der Waals surface area (Å²) in [6.45, 7) is 1.31. The molecule has 116 valence electrons. The second kappa shape index (κ2) is 6.46. The molecular weight excluding hydrogens is 300 g/mol. The fraction of sp³-hybridized carbons (Fsp3) is 0.583. The zero-order valence-electron chi connectivity index (χ0n) is 11.3. The smallest absolute Gasteiger partial charge is 0.330 e. The maximum Gasteiger partial charge on any atom is 0.330 e. The summed E-state index contributed by atoms with van der Waals surface area (Å²) in [6.07, 6.45) is 0.619. The average Bonchev–Trinajstić information content (AvgIpc) is 2.83. The number of aliphatic hydroxyl groups excluding tert-OH is 1. The monoisotopic (exact) mass is 316 g/mol. The maximum atomic E-state index is 11.8. The van der Waals surface area contributed by atoms with Crippen LogP contribution in [0.5, 0.6) is 0 Å². The number of ether oxygens (including phenoxy) is 1. The van der Waals surface area contributed by atoms with Crippen molar-refractivity contribution in [3.05, 3.63) is 32.6 Å². The molecule has 0 unspecified atom stereocenters. The van der Waals surface area contributed by atoms with Crippen LogP contribution in [0.2, 0.25) is 0 Å². The van der Waals surface area contributed by atoms with E-state index in [1.807, 2.05) is 0 Å². The van der Waals surface area contributed by atoms with Crippen LogP contribution >= 0.6 is 11.8 Å². The largest absolute Gasteiger partial charge is 0.481 e. The van der Waals surface area contributed by atoms with Gasteiger partial charge < -0.3 is 14.9 Å². The lowest BCUT2D eigenvalue weighted by molar-refractivity contribution is -0.133. The molecule has 9 heteroatoms. The van der Waals surface area contributed by atoms with Gasteiger partial charge in [0.1, 0.15) is 6.23 Å². The highest BCUT2D eigenvalue weighted by Crippen LogP contribution is 2.35. The number of aryl methyl sites for hydroxylation is 1. The SMILES string of the molecule is Cc1cn([C@H]2C[C@H](SCC(=O)O)[C@@H](CO)O2)c(=O)[nH]c1=O. The molecule has 1 aromatic heterocycles. The first-order chi connectivity index (χ1) is 9.92. The molecular formula is C12H16N2O6S. The molecule has 1 aromatic rings. The first kappa shape index (κ1) is 15.8. The summed E-state index contributed by atoms with van der Waals surface area (Å²) in [7, 11) is 0. The van der Waals surface area contributed by atoms with Crippen LogP contribution < -0.4 is 11.2 Å². The van der Waals surface area contributed by atoms with Crippen LogP contribution in [0.25, 0.3) is 0 Å². The van der Waals surface area contributed by atoms with Gasteiger partial charge in [0.2, 0.25) is 0 Å². The third-order valence-electron chi connectivity index (χ3n) is 3.24. The number of aliphatic carboxylic acids is 1. The molecule has 2 heterocycles. The Balaban J connectivity index is 2.19. The van der Waals surface area contributed by atoms with Gasteiger partial charge in [0.25, 0.3) is 5.56 Å². The van der Waals surface area contributed by atoms with E-state index in [9.17, 15) is 19.5 Å². The van der Waals surface area contributed by atoms with Crippen LogP contribution in [0.1, 0.15) is 18.2 Å². The Bertz CT molecular complexity index is 639. The minimum Gasteiger partial charge on any atom is -0.481 e. The van der Waals surface area contributed by atoms with Crippen molar-refractivity contribution >= 4 is 17.7 Å². The van der Waals surface area contributed by atoms with Gasteiger partial charge in [-0.3, -0.25) is 19.1 Å². The van der Waals surface area contributed by atoms with Crippen molar-refractivity contribution in [3.63, 3.8) is 0 Å². The van der Waals surface area contributed by atoms with Crippen LogP contribution in [-0.2, 0) is 9.53 Å². The van der Waals surface area contributed by atoms with Crippen molar-refractivity contribution in [2.75, 3.05) is 12.4 Å². The van der Waals surface area contributed by atoms with Gasteiger partial charge in [-0.25, -0.2) is 4.79 Å². The van der Waals surface area contributed by atoms with Crippen LogP contribution in [-0.4, -0.2) is 49.4 Å². The molecule has 3 N–H and O–H groups in total. The highest BCUT2D eigenvalue weighted by Gasteiger charge is 2.36. The molecule has 1 saturated heterocycles. The number of carbonyl (C=O) groups is 1. The summed E-state index contributed by atoms with van der Waals surface area (Å²) < 4.78 is 6.86. The minimum atomic E-state index is -0.947. The van der Waals surface area contributed by atoms with E-state index in [4.69, 9.17) is 9.84 Å². The third-order valence-corrected chi connectivity index (χ3v) is 4.58. The molecule has 3 atom stereocenters. The van der Waals surface area contributed by atoms with Crippen molar-refractivity contribution < 1.29 is 19.7 Å². The van der Waals surface area contributed by atoms with Gasteiger partial charge in [-0.05, 0) is 6.92 Å². The van der Waals surface area contributed by atoms with Gasteiger partial charge >= 0.3 is 11.7 Å². The molecule has 0 radical (unpaired) electrons. The van der Waals surface area contributed by atoms with E-state index in [0.717, 1.165) is 11.8 Å². The molecule has 0 aliphatic carbocycles. The number of aromatic amines is 1. The van der Waals surface area contributed by atoms with Gasteiger partial charge in [-0.15, -0.1) is 11.8 Å². The predicted molar refractivity (Wildman–Crippen MR) is 75.6 cm³/mol. The van der Waals surface area contributed by atoms with Gasteiger partial charge in [-0.1, -0.05) is 0 Å². The maximum absolute atomic E-state index is 11.8. The number of nitrogens with one attached hydrogen (secondary N) is 1. The number of H-pyrrole nitrogens is 1. The average molecular weight is 316 g/mol. The van der Waals surface area contributed by atoms with E-state index < -0.39 is 29.6 Å². The van der Waals surface area contributed by atoms with Crippen molar-refractivity contribution in [2.24, 2.45) is 0 Å². The molecule has 1 aliphatic heterocycles. The van der Waals surface area contributed by atoms with E-state index in [0.29, 0.717) is 12.0 Å². The molecule has 1 fully saturated rings. The number of carboxylic acids is 1. The number of hydrogen-bond acceptors (Lipinski definition) is 6. The Morgan fingerprint density at radius 2 is 2.29 bits per heavy atom. The Morgan fingerprint density at radius 1 is 1.57 bits per heavy atom. The number of hydrogen-bond donors (Lipinski definition) is 3. The van der Waals surface area contributed by atoms with Crippen molar-refractivity contribution in [2.45, 2.75) is 30.9 Å². The molecule has 2 rings (SSSR count). The Labute approximate surface area is 123 Å². The quantitative estimate of drug-likeness (QED) is 0.657. The molecule has 0 amide bonds. The topological polar surface area (TPSA) is 122 Å². The van der Waals surface area contributed by atoms with E-state index in [1.54, 1.807) is 6.92 Å². The summed E-state index contributed by atoms with van der Waals surface area (Å²) in [5, 5.41) is 17.8. The van der Waals surface area contributed by atoms with Crippen LogP contribution in [0, 0.1) is 6.92 Å². The molecule has 0 bridgehead atoms. The van der Waals surface area contributed by atoms with Gasteiger partial charge in [0.05, 0.1) is 18.5 Å². The number of aromatic nitrogens is 2. The fourth-order valence-electron chi connectivity index (χ4n) is 2.19. The fourth-order valence-corrected chi connectivity index (χ4v) is 3.21. The molecule has 0 spiro atoms. The van der Waals surface area contributed by atoms with Gasteiger partial charge in [0.15, 0.2) is 0 Å². The van der Waals surface area contributed by atoms with E-state index in [2.05, 4.69) is 4.98 Å². The third kappa shape index (κ3) is 3.55. The highest BCUT2D eigenvalue weighted by atomic mass is 32.2. The second-order valence-corrected chi connectivity index (χ2v) is 6.00. The lowest BCUT2D eigenvalue weighted by atomic mass is 10.2. The Morgan fingerprint density at radius 3 is 2.90 bits per heavy atom. The molecule has 21 heavy (non-hydrogen) atoms. The Kier molecular flexibility index (Phi) is 4.86. The predicted octanol–water partition coefficient (Wildman–Crippen LogP) is -0.689. The normalized spacial score (nSPS) is 25.1. The Hall–Kier alpha value is -1.58. The van der Waals surface area contributed by atoms with Crippen LogP contribution in [0.15, 0.2) is 15.8 Å². The van der Waals surface area contributed by atoms with Crippen molar-refractivity contribution in [3.8, 4) is 0 Å². The zero-order chi connectivity index (χ0) is 15.6. The standard InChI is InChI=1S/C12H16N2O6S/c1-6-3-14(12(19)13-11(6)18)9-2-8(7(4-15)20-9)21-5-10(16)17/h3,7-9,15H,2,4-5H2,1H3,(H,16,17)(H,13,18,19)/t7-,8+,9-/m1/s1. The minimum absolute atomic E-state index is 0.100. The number of aliphatic hydroxyl groups is 1. The lowest BCUT2D eigenvalue weighted by Crippen LogP contribution is -2.33. The lowest BCUT2D eigenvalue weighted by Gasteiger charge is -2.15. The van der Waals surface area contributed by atoms with Gasteiger partial charge in [0, 0.05) is 23.4 Å². The van der Waals surface area contributed by atoms with Crippen molar-refractivity contribution in [1.82, 2.24) is 9.55 Å². The number of nitrogens with zero attached hydrogens (tertiary/aromatic N) is 1. The van der Waals surface area contributed by atoms with Crippen LogP contribution in [0.4, 0.5) is 0 Å². The van der Waals surface area contributed by atoms with E-state index >= 15 is 0 Å². The molecule has 1 aliphatic rings. The summed E-state index contributed by atoms with van der Waals surface area (Å²) in [5.41, 5.74) is -0.665. The summed E-state index contributed by atoms with van der Waals surface area (Å²) >= 11 is 1.16.